The molecule has 0 bridgehead atoms. The third kappa shape index (κ3) is 5.35. The lowest BCUT2D eigenvalue weighted by molar-refractivity contribution is -0.143. The van der Waals surface area contributed by atoms with Crippen LogP contribution in [0.4, 0.5) is 26.3 Å². The Balaban J connectivity index is 2.11. The molecule has 0 aliphatic carbocycles. The minimum Gasteiger partial charge on any atom is -0.327 e. The standard InChI is InChI=1S/C20H16F6N6O/c1-4-16(33)30-18(15-8-27-11(3)29-10(15)2)32-9-28-17(31-32)12-5-13(19(21,22)23)7-14(6-12)20(24,25)26/h4-9,18H,1H2,2-3H3,(H,30,33). The zero-order valence-electron chi connectivity index (χ0n) is 17.2. The lowest BCUT2D eigenvalue weighted by Gasteiger charge is -2.19. The average Bonchev–Trinajstić information content (AvgIpc) is 3.20. The molecule has 2 heterocycles. The second kappa shape index (κ2) is 8.64. The first-order valence-corrected chi connectivity index (χ1v) is 9.23. The number of rotatable bonds is 5. The highest BCUT2D eigenvalue weighted by atomic mass is 19.4. The third-order valence-corrected chi connectivity index (χ3v) is 4.52. The Labute approximate surface area is 183 Å². The molecular formula is C20H16F6N6O. The number of nitrogens with one attached hydrogen (secondary N) is 1. The second-order valence-corrected chi connectivity index (χ2v) is 6.92. The number of halogens is 6. The molecule has 0 saturated heterocycles. The van der Waals surface area contributed by atoms with E-state index in [4.69, 9.17) is 0 Å². The van der Waals surface area contributed by atoms with Gasteiger partial charge in [-0.1, -0.05) is 6.58 Å². The van der Waals surface area contributed by atoms with E-state index in [-0.39, 0.29) is 6.07 Å². The minimum atomic E-state index is -5.02. The lowest BCUT2D eigenvalue weighted by Crippen LogP contribution is -2.33. The monoisotopic (exact) mass is 470 g/mol. The van der Waals surface area contributed by atoms with Gasteiger partial charge in [0.15, 0.2) is 12.0 Å². The van der Waals surface area contributed by atoms with Crippen LogP contribution in [0, 0.1) is 13.8 Å². The summed E-state index contributed by atoms with van der Waals surface area (Å²) in [7, 11) is 0. The van der Waals surface area contributed by atoms with Crippen molar-refractivity contribution in [2.24, 2.45) is 0 Å². The number of hydrogen-bond acceptors (Lipinski definition) is 5. The van der Waals surface area contributed by atoms with E-state index in [2.05, 4.69) is 31.9 Å². The van der Waals surface area contributed by atoms with E-state index < -0.39 is 46.9 Å². The Morgan fingerprint density at radius 2 is 1.67 bits per heavy atom. The van der Waals surface area contributed by atoms with Gasteiger partial charge in [-0.25, -0.2) is 19.6 Å². The van der Waals surface area contributed by atoms with E-state index in [1.807, 2.05) is 0 Å². The summed E-state index contributed by atoms with van der Waals surface area (Å²) < 4.78 is 80.2. The number of hydrogen-bond donors (Lipinski definition) is 1. The topological polar surface area (TPSA) is 85.6 Å². The number of alkyl halides is 6. The SMILES string of the molecule is C=CC(=O)NC(c1cnc(C)nc1C)n1cnc(-c2cc(C(F)(F)F)cc(C(F)(F)F)c2)n1. The first-order valence-electron chi connectivity index (χ1n) is 9.23. The summed E-state index contributed by atoms with van der Waals surface area (Å²) in [5.74, 6) is -0.571. The fraction of sp³-hybridized carbons (Fsp3) is 0.250. The summed E-state index contributed by atoms with van der Waals surface area (Å²) in [4.78, 5) is 24.1. The Kier molecular flexibility index (Phi) is 6.25. The van der Waals surface area contributed by atoms with E-state index >= 15 is 0 Å². The lowest BCUT2D eigenvalue weighted by atomic mass is 10.0. The van der Waals surface area contributed by atoms with E-state index in [0.29, 0.717) is 29.2 Å². The second-order valence-electron chi connectivity index (χ2n) is 6.92. The van der Waals surface area contributed by atoms with Gasteiger partial charge in [0.1, 0.15) is 12.2 Å². The van der Waals surface area contributed by atoms with E-state index in [1.54, 1.807) is 13.8 Å². The van der Waals surface area contributed by atoms with Gasteiger partial charge >= 0.3 is 12.4 Å². The summed E-state index contributed by atoms with van der Waals surface area (Å²) in [5, 5.41) is 6.58. The average molecular weight is 470 g/mol. The normalized spacial score (nSPS) is 13.0. The Morgan fingerprint density at radius 3 is 2.18 bits per heavy atom. The maximum atomic E-state index is 13.2. The number of aryl methyl sites for hydroxylation is 2. The molecule has 0 aliphatic rings. The molecule has 33 heavy (non-hydrogen) atoms. The number of amides is 1. The van der Waals surface area contributed by atoms with Crippen LogP contribution >= 0.6 is 0 Å². The number of nitrogens with zero attached hydrogens (tertiary/aromatic N) is 5. The molecule has 7 nitrogen and oxygen atoms in total. The Hall–Kier alpha value is -3.77. The van der Waals surface area contributed by atoms with Gasteiger partial charge in [0.05, 0.1) is 11.1 Å². The van der Waals surface area contributed by atoms with Crippen LogP contribution in [-0.4, -0.2) is 30.6 Å². The first kappa shape index (κ1) is 23.9. The van der Waals surface area contributed by atoms with Gasteiger partial charge in [-0.3, -0.25) is 4.79 Å². The fourth-order valence-corrected chi connectivity index (χ4v) is 2.96. The molecule has 0 fully saturated rings. The molecule has 174 valence electrons. The molecule has 3 rings (SSSR count). The molecular weight excluding hydrogens is 454 g/mol. The van der Waals surface area contributed by atoms with Crippen LogP contribution in [0.3, 0.4) is 0 Å². The highest BCUT2D eigenvalue weighted by Gasteiger charge is 2.37. The van der Waals surface area contributed by atoms with Crippen molar-refractivity contribution in [2.75, 3.05) is 0 Å². The van der Waals surface area contributed by atoms with Gasteiger partial charge in [0.25, 0.3) is 0 Å². The smallest absolute Gasteiger partial charge is 0.327 e. The summed E-state index contributed by atoms with van der Waals surface area (Å²) in [5.41, 5.74) is -2.65. The first-order chi connectivity index (χ1) is 15.3. The summed E-state index contributed by atoms with van der Waals surface area (Å²) in [6.07, 6.45) is -7.62. The molecule has 1 aromatic carbocycles. The zero-order valence-corrected chi connectivity index (χ0v) is 17.2. The molecule has 0 aliphatic heterocycles. The van der Waals surface area contributed by atoms with Crippen molar-refractivity contribution < 1.29 is 31.1 Å². The maximum Gasteiger partial charge on any atom is 0.416 e. The Bertz CT molecular complexity index is 1170. The van der Waals surface area contributed by atoms with Crippen LogP contribution in [0.2, 0.25) is 0 Å². The molecule has 1 unspecified atom stereocenters. The fourth-order valence-electron chi connectivity index (χ4n) is 2.96. The van der Waals surface area contributed by atoms with Gasteiger partial charge in [-0.05, 0) is 38.1 Å². The molecule has 3 aromatic rings. The van der Waals surface area contributed by atoms with Crippen LogP contribution in [0.25, 0.3) is 11.4 Å². The highest BCUT2D eigenvalue weighted by Crippen LogP contribution is 2.38. The quantitative estimate of drug-likeness (QED) is 0.446. The largest absolute Gasteiger partial charge is 0.416 e. The van der Waals surface area contributed by atoms with Crippen LogP contribution in [0.15, 0.2) is 43.4 Å². The van der Waals surface area contributed by atoms with E-state index in [1.165, 1.54) is 6.20 Å². The van der Waals surface area contributed by atoms with Crippen molar-refractivity contribution in [2.45, 2.75) is 32.4 Å². The third-order valence-electron chi connectivity index (χ3n) is 4.52. The van der Waals surface area contributed by atoms with E-state index in [0.717, 1.165) is 17.1 Å². The predicted octanol–water partition coefficient (Wildman–Crippen LogP) is 4.24. The van der Waals surface area contributed by atoms with Crippen molar-refractivity contribution in [1.29, 1.82) is 0 Å². The maximum absolute atomic E-state index is 13.2. The number of carbonyl (C=O) groups excluding carboxylic acids is 1. The zero-order chi connectivity index (χ0) is 24.6. The summed E-state index contributed by atoms with van der Waals surface area (Å²) in [6.45, 7) is 6.64. The molecule has 1 amide bonds. The van der Waals surface area contributed by atoms with Crippen molar-refractivity contribution in [3.8, 4) is 11.4 Å². The van der Waals surface area contributed by atoms with Gasteiger partial charge < -0.3 is 5.32 Å². The van der Waals surface area contributed by atoms with Crippen LogP contribution in [-0.2, 0) is 17.1 Å². The molecule has 0 saturated carbocycles. The number of aromatic nitrogens is 5. The minimum absolute atomic E-state index is 0.0145. The van der Waals surface area contributed by atoms with Gasteiger partial charge in [-0.15, -0.1) is 5.10 Å². The predicted molar refractivity (Wildman–Crippen MR) is 103 cm³/mol. The van der Waals surface area contributed by atoms with Gasteiger partial charge in [0, 0.05) is 23.0 Å². The van der Waals surface area contributed by atoms with Crippen LogP contribution in [0.1, 0.15) is 34.4 Å². The molecule has 1 N–H and O–H groups in total. The van der Waals surface area contributed by atoms with Crippen molar-refractivity contribution >= 4 is 5.91 Å². The summed E-state index contributed by atoms with van der Waals surface area (Å²) in [6, 6.07) is 1.06. The molecule has 13 heteroatoms. The highest BCUT2D eigenvalue weighted by molar-refractivity contribution is 5.87. The molecule has 0 radical (unpaired) electrons. The van der Waals surface area contributed by atoms with Gasteiger partial charge in [0.2, 0.25) is 5.91 Å². The molecule has 1 atom stereocenters. The van der Waals surface area contributed by atoms with Gasteiger partial charge in [-0.2, -0.15) is 26.3 Å². The van der Waals surface area contributed by atoms with Crippen LogP contribution < -0.4 is 5.32 Å². The van der Waals surface area contributed by atoms with Crippen LogP contribution in [0.5, 0.6) is 0 Å². The van der Waals surface area contributed by atoms with E-state index in [9.17, 15) is 31.1 Å². The summed E-state index contributed by atoms with van der Waals surface area (Å²) >= 11 is 0. The number of benzene rings is 1. The number of carbonyl (C=O) groups is 1. The van der Waals surface area contributed by atoms with Crippen molar-refractivity contribution in [3.63, 3.8) is 0 Å². The Morgan fingerprint density at radius 1 is 1.06 bits per heavy atom. The van der Waals surface area contributed by atoms with Crippen molar-refractivity contribution in [3.05, 3.63) is 71.6 Å². The molecule has 2 aromatic heterocycles. The van der Waals surface area contributed by atoms with Crippen molar-refractivity contribution in [1.82, 2.24) is 30.0 Å². The molecule has 0 spiro atoms.